The lowest BCUT2D eigenvalue weighted by atomic mass is 10.1. The monoisotopic (exact) mass is 376 g/mol. The van der Waals surface area contributed by atoms with Crippen LogP contribution in [0.25, 0.3) is 0 Å². The first-order valence-corrected chi connectivity index (χ1v) is 6.41. The fourth-order valence-electron chi connectivity index (χ4n) is 0.827. The van der Waals surface area contributed by atoms with Gasteiger partial charge in [0.25, 0.3) is 0 Å². The molecule has 0 saturated heterocycles. The molecule has 0 nitrogen and oxygen atoms in total. The minimum Gasteiger partial charge on any atom is -0.0785 e. The molecule has 0 N–H and O–H groups in total. The second-order valence-corrected chi connectivity index (χ2v) is 3.80. The molecule has 0 radical (unpaired) electrons. The minimum atomic E-state index is 1.25. The lowest BCUT2D eigenvalue weighted by Crippen LogP contribution is -1.73. The van der Waals surface area contributed by atoms with Crippen molar-refractivity contribution in [2.24, 2.45) is 0 Å². The molecular formula is C9H14I2. The average Bonchev–Trinajstić information content (AvgIpc) is 2.03. The first-order chi connectivity index (χ1) is 5.41. The molecule has 0 amide bonds. The highest BCUT2D eigenvalue weighted by Gasteiger charge is 1.84. The summed E-state index contributed by atoms with van der Waals surface area (Å²) in [5.41, 5.74) is 0. The van der Waals surface area contributed by atoms with Gasteiger partial charge in [0, 0.05) is 0 Å². The smallest absolute Gasteiger partial charge is 0.0274 e. The summed E-state index contributed by atoms with van der Waals surface area (Å²) in [4.78, 5) is 0. The van der Waals surface area contributed by atoms with E-state index in [2.05, 4.69) is 65.5 Å². The van der Waals surface area contributed by atoms with Crippen LogP contribution in [-0.4, -0.2) is 0 Å². The van der Waals surface area contributed by atoms with Gasteiger partial charge in [-0.3, -0.25) is 0 Å². The highest BCUT2D eigenvalue weighted by Crippen LogP contribution is 2.05. The zero-order valence-electron chi connectivity index (χ0n) is 6.60. The predicted octanol–water partition coefficient (Wildman–Crippen LogP) is 4.83. The molecule has 0 aromatic heterocycles. The zero-order chi connectivity index (χ0) is 8.36. The van der Waals surface area contributed by atoms with E-state index in [1.165, 1.54) is 32.1 Å². The fourth-order valence-corrected chi connectivity index (χ4v) is 1.55. The largest absolute Gasteiger partial charge is 0.0785 e. The van der Waals surface area contributed by atoms with Crippen LogP contribution in [0.3, 0.4) is 0 Å². The van der Waals surface area contributed by atoms with Crippen molar-refractivity contribution >= 4 is 45.2 Å². The van der Waals surface area contributed by atoms with E-state index in [0.29, 0.717) is 0 Å². The van der Waals surface area contributed by atoms with E-state index in [-0.39, 0.29) is 0 Å². The summed E-state index contributed by atoms with van der Waals surface area (Å²) in [5, 5.41) is 0. The number of hydrogen-bond donors (Lipinski definition) is 0. The van der Waals surface area contributed by atoms with Crippen molar-refractivity contribution in [1.82, 2.24) is 0 Å². The topological polar surface area (TPSA) is 0 Å². The van der Waals surface area contributed by atoms with Crippen molar-refractivity contribution < 1.29 is 0 Å². The molecule has 0 bridgehead atoms. The molecule has 0 saturated carbocycles. The molecule has 0 heterocycles. The first kappa shape index (κ1) is 11.9. The van der Waals surface area contributed by atoms with Gasteiger partial charge in [-0.15, -0.1) is 0 Å². The molecule has 0 rings (SSSR count). The Morgan fingerprint density at radius 1 is 0.727 bits per heavy atom. The van der Waals surface area contributed by atoms with Crippen molar-refractivity contribution in [3.05, 3.63) is 20.3 Å². The Morgan fingerprint density at radius 3 is 1.55 bits per heavy atom. The van der Waals surface area contributed by atoms with Crippen molar-refractivity contribution in [1.29, 1.82) is 0 Å². The van der Waals surface area contributed by atoms with Crippen LogP contribution < -0.4 is 0 Å². The average molecular weight is 376 g/mol. The Morgan fingerprint density at radius 2 is 1.18 bits per heavy atom. The maximum atomic E-state index is 2.27. The first-order valence-electron chi connectivity index (χ1n) is 3.92. The number of hydrogen-bond acceptors (Lipinski definition) is 0. The van der Waals surface area contributed by atoms with Gasteiger partial charge in [0.2, 0.25) is 0 Å². The molecule has 0 aromatic rings. The van der Waals surface area contributed by atoms with Crippen LogP contribution in [0.5, 0.6) is 0 Å². The number of rotatable bonds is 6. The molecule has 0 atom stereocenters. The van der Waals surface area contributed by atoms with Crippen molar-refractivity contribution in [2.45, 2.75) is 32.1 Å². The lowest BCUT2D eigenvalue weighted by Gasteiger charge is -1.93. The van der Waals surface area contributed by atoms with Crippen LogP contribution in [0.15, 0.2) is 20.3 Å². The summed E-state index contributed by atoms with van der Waals surface area (Å²) in [6, 6.07) is 0. The van der Waals surface area contributed by atoms with Crippen molar-refractivity contribution in [3.8, 4) is 0 Å². The van der Waals surface area contributed by atoms with Crippen molar-refractivity contribution in [2.75, 3.05) is 0 Å². The van der Waals surface area contributed by atoms with Crippen LogP contribution in [0.1, 0.15) is 32.1 Å². The van der Waals surface area contributed by atoms with Crippen LogP contribution in [-0.2, 0) is 0 Å². The Balaban J connectivity index is 2.90. The summed E-state index contributed by atoms with van der Waals surface area (Å²) < 4.78 is 4.20. The van der Waals surface area contributed by atoms with Gasteiger partial charge in [0.15, 0.2) is 0 Å². The van der Waals surface area contributed by atoms with E-state index in [0.717, 1.165) is 0 Å². The van der Waals surface area contributed by atoms with E-state index in [9.17, 15) is 0 Å². The van der Waals surface area contributed by atoms with E-state index >= 15 is 0 Å². The van der Waals surface area contributed by atoms with Crippen LogP contribution in [0.4, 0.5) is 0 Å². The molecule has 11 heavy (non-hydrogen) atoms. The molecule has 2 heteroatoms. The lowest BCUT2D eigenvalue weighted by molar-refractivity contribution is 0.697. The normalized spacial score (nSPS) is 11.8. The number of halogens is 2. The van der Waals surface area contributed by atoms with E-state index in [4.69, 9.17) is 0 Å². The standard InChI is InChI=1S/C9H14I2/c10-8-6-4-2-1-3-5-7-9-11/h6-9H,1-5H2/b8-6+,9-7+. The molecule has 0 aliphatic heterocycles. The van der Waals surface area contributed by atoms with E-state index in [1.54, 1.807) is 0 Å². The second kappa shape index (κ2) is 10.9. The highest BCUT2D eigenvalue weighted by molar-refractivity contribution is 14.1. The Bertz CT molecular complexity index is 103. The molecule has 0 fully saturated rings. The summed E-state index contributed by atoms with van der Waals surface area (Å²) in [7, 11) is 0. The van der Waals surface area contributed by atoms with Gasteiger partial charge in [-0.1, -0.05) is 63.8 Å². The summed E-state index contributed by atoms with van der Waals surface area (Å²) >= 11 is 4.54. The molecule has 0 aliphatic carbocycles. The van der Waals surface area contributed by atoms with Crippen molar-refractivity contribution in [3.63, 3.8) is 0 Å². The van der Waals surface area contributed by atoms with E-state index < -0.39 is 0 Å². The van der Waals surface area contributed by atoms with Crippen LogP contribution in [0, 0.1) is 0 Å². The third-order valence-electron chi connectivity index (χ3n) is 1.42. The summed E-state index contributed by atoms with van der Waals surface area (Å²) in [5.74, 6) is 0. The quantitative estimate of drug-likeness (QED) is 0.460. The summed E-state index contributed by atoms with van der Waals surface area (Å²) in [6.07, 6.45) is 11.0. The minimum absolute atomic E-state index is 1.25. The zero-order valence-corrected chi connectivity index (χ0v) is 10.9. The number of allylic oxidation sites excluding steroid dienone is 2. The molecule has 0 aromatic carbocycles. The predicted molar refractivity (Wildman–Crippen MR) is 69.4 cm³/mol. The fraction of sp³-hybridized carbons (Fsp3) is 0.556. The molecule has 0 spiro atoms. The van der Waals surface area contributed by atoms with Gasteiger partial charge in [0.05, 0.1) is 0 Å². The van der Waals surface area contributed by atoms with Gasteiger partial charge in [-0.05, 0) is 33.8 Å². The van der Waals surface area contributed by atoms with Gasteiger partial charge in [0.1, 0.15) is 0 Å². The maximum absolute atomic E-state index is 2.27. The van der Waals surface area contributed by atoms with Gasteiger partial charge in [-0.2, -0.15) is 0 Å². The van der Waals surface area contributed by atoms with Gasteiger partial charge >= 0.3 is 0 Å². The van der Waals surface area contributed by atoms with E-state index in [1.807, 2.05) is 0 Å². The Hall–Kier alpha value is 0.940. The van der Waals surface area contributed by atoms with Crippen LogP contribution in [0.2, 0.25) is 0 Å². The molecule has 0 aliphatic rings. The second-order valence-electron chi connectivity index (χ2n) is 2.36. The van der Waals surface area contributed by atoms with Crippen LogP contribution >= 0.6 is 45.2 Å². The Kier molecular flexibility index (Phi) is 11.9. The van der Waals surface area contributed by atoms with Gasteiger partial charge in [-0.25, -0.2) is 0 Å². The van der Waals surface area contributed by atoms with Gasteiger partial charge < -0.3 is 0 Å². The summed E-state index contributed by atoms with van der Waals surface area (Å²) in [6.45, 7) is 0. The molecule has 64 valence electrons. The SMILES string of the molecule is I/C=C/CCCCC/C=C/I. The third kappa shape index (κ3) is 10.9. The molecular weight excluding hydrogens is 362 g/mol. The third-order valence-corrected chi connectivity index (χ3v) is 2.44. The maximum Gasteiger partial charge on any atom is -0.0274 e. The highest BCUT2D eigenvalue weighted by atomic mass is 127. The Labute approximate surface area is 96.8 Å². The molecule has 0 unspecified atom stereocenters. The number of unbranched alkanes of at least 4 members (excludes halogenated alkanes) is 4.